The van der Waals surface area contributed by atoms with E-state index in [2.05, 4.69) is 20.0 Å². The van der Waals surface area contributed by atoms with Crippen LogP contribution in [-0.4, -0.2) is 44.4 Å². The van der Waals surface area contributed by atoms with Crippen molar-refractivity contribution in [3.05, 3.63) is 59.2 Å². The highest BCUT2D eigenvalue weighted by Crippen LogP contribution is 2.46. The van der Waals surface area contributed by atoms with E-state index in [0.29, 0.717) is 17.1 Å². The van der Waals surface area contributed by atoms with Crippen LogP contribution >= 0.6 is 0 Å². The van der Waals surface area contributed by atoms with Gasteiger partial charge in [-0.05, 0) is 44.6 Å². The summed E-state index contributed by atoms with van der Waals surface area (Å²) in [6.07, 6.45) is 3.41. The number of halogens is 3. The molecule has 2 aliphatic heterocycles. The first-order valence-corrected chi connectivity index (χ1v) is 12.4. The molecule has 8 nitrogen and oxygen atoms in total. The second-order valence-corrected chi connectivity index (χ2v) is 9.95. The number of rotatable bonds is 7. The lowest BCUT2D eigenvalue weighted by molar-refractivity contribution is -0.137. The summed E-state index contributed by atoms with van der Waals surface area (Å²) in [5.41, 5.74) is -0.0404. The van der Waals surface area contributed by atoms with Gasteiger partial charge in [0.25, 0.3) is 0 Å². The maximum atomic E-state index is 13.7. The van der Waals surface area contributed by atoms with Crippen LogP contribution in [0.5, 0.6) is 0 Å². The molecular weight excluding hydrogens is 489 g/mol. The van der Waals surface area contributed by atoms with Crippen LogP contribution in [0.2, 0.25) is 0 Å². The van der Waals surface area contributed by atoms with Gasteiger partial charge in [0.05, 0.1) is 30.7 Å². The Balaban J connectivity index is 1.20. The Labute approximate surface area is 210 Å². The van der Waals surface area contributed by atoms with Gasteiger partial charge in [-0.1, -0.05) is 23.4 Å². The minimum absolute atomic E-state index is 0.00233. The Morgan fingerprint density at radius 2 is 1.81 bits per heavy atom. The highest BCUT2D eigenvalue weighted by molar-refractivity contribution is 5.84. The summed E-state index contributed by atoms with van der Waals surface area (Å²) in [5, 5.41) is 13.2. The molecule has 194 valence electrons. The number of carbonyl (C=O) groups is 1. The minimum atomic E-state index is -4.51. The number of fused-ring (bicyclic) bond motifs is 2. The third kappa shape index (κ3) is 4.56. The van der Waals surface area contributed by atoms with Gasteiger partial charge < -0.3 is 19.3 Å². The standard InChI is InChI=1S/C26H25F3N4O4/c27-26(28,29)20-4-2-1-3-18(20)23-19(24(37-32-23)14-5-6-14)13-36-17-9-15-7-8-16(10-17)33(15)22-12-30-21(11-31-22)25(34)35/h1-4,11-12,14-17H,5-10,13H2,(H,34,35). The molecule has 1 aromatic carbocycles. The van der Waals surface area contributed by atoms with Crippen LogP contribution in [0.1, 0.15) is 71.8 Å². The number of anilines is 1. The molecule has 1 aliphatic carbocycles. The van der Waals surface area contributed by atoms with Gasteiger partial charge in [-0.2, -0.15) is 13.2 Å². The Bertz CT molecular complexity index is 1290. The highest BCUT2D eigenvalue weighted by atomic mass is 19.4. The third-order valence-corrected chi connectivity index (χ3v) is 7.53. The Morgan fingerprint density at radius 1 is 1.08 bits per heavy atom. The van der Waals surface area contributed by atoms with Crippen LogP contribution in [-0.2, 0) is 17.5 Å². The van der Waals surface area contributed by atoms with Crippen LogP contribution in [0, 0.1) is 0 Å². The van der Waals surface area contributed by atoms with Crippen LogP contribution in [0.15, 0.2) is 41.2 Å². The summed E-state index contributed by atoms with van der Waals surface area (Å²) in [6.45, 7) is 0.133. The number of benzene rings is 1. The van der Waals surface area contributed by atoms with E-state index in [0.717, 1.165) is 44.6 Å². The van der Waals surface area contributed by atoms with Crippen molar-refractivity contribution in [3.8, 4) is 11.3 Å². The van der Waals surface area contributed by atoms with Crippen LogP contribution in [0.4, 0.5) is 19.0 Å². The third-order valence-electron chi connectivity index (χ3n) is 7.53. The Morgan fingerprint density at radius 3 is 2.43 bits per heavy atom. The molecule has 1 saturated carbocycles. The van der Waals surface area contributed by atoms with E-state index >= 15 is 0 Å². The number of ether oxygens (including phenoxy) is 1. The maximum Gasteiger partial charge on any atom is 0.417 e. The molecule has 2 unspecified atom stereocenters. The lowest BCUT2D eigenvalue weighted by Crippen LogP contribution is -2.46. The van der Waals surface area contributed by atoms with Crippen LogP contribution in [0.3, 0.4) is 0 Å². The monoisotopic (exact) mass is 514 g/mol. The molecule has 2 saturated heterocycles. The number of nitrogens with zero attached hydrogens (tertiary/aromatic N) is 4. The predicted molar refractivity (Wildman–Crippen MR) is 125 cm³/mol. The molecule has 3 aliphatic rings. The summed E-state index contributed by atoms with van der Waals surface area (Å²) < 4.78 is 53.1. The number of alkyl halides is 3. The number of aromatic nitrogens is 3. The average Bonchev–Trinajstić information content (AvgIpc) is 3.58. The van der Waals surface area contributed by atoms with E-state index in [-0.39, 0.29) is 47.7 Å². The van der Waals surface area contributed by atoms with E-state index in [1.165, 1.54) is 24.5 Å². The second kappa shape index (κ2) is 9.13. The van der Waals surface area contributed by atoms with Crippen LogP contribution < -0.4 is 4.90 Å². The Hall–Kier alpha value is -3.47. The maximum absolute atomic E-state index is 13.7. The minimum Gasteiger partial charge on any atom is -0.476 e. The number of carboxylic acids is 1. The van der Waals surface area contributed by atoms with Crippen molar-refractivity contribution in [2.24, 2.45) is 0 Å². The van der Waals surface area contributed by atoms with E-state index in [9.17, 15) is 18.0 Å². The molecule has 3 aromatic rings. The van der Waals surface area contributed by atoms with Crippen molar-refractivity contribution >= 4 is 11.8 Å². The molecular formula is C26H25F3N4O4. The molecule has 37 heavy (non-hydrogen) atoms. The molecule has 11 heteroatoms. The fourth-order valence-corrected chi connectivity index (χ4v) is 5.68. The fourth-order valence-electron chi connectivity index (χ4n) is 5.68. The molecule has 4 heterocycles. The first-order chi connectivity index (χ1) is 17.8. The largest absolute Gasteiger partial charge is 0.476 e. The molecule has 2 atom stereocenters. The van der Waals surface area contributed by atoms with Gasteiger partial charge in [0.15, 0.2) is 5.69 Å². The van der Waals surface area contributed by atoms with E-state index in [4.69, 9.17) is 14.4 Å². The highest BCUT2D eigenvalue weighted by Gasteiger charge is 2.43. The summed E-state index contributed by atoms with van der Waals surface area (Å²) in [7, 11) is 0. The molecule has 3 fully saturated rings. The van der Waals surface area contributed by atoms with Crippen molar-refractivity contribution in [2.45, 2.75) is 75.4 Å². The SMILES string of the molecule is O=C(O)c1cnc(N2C3CCC2CC(OCc2c(-c4ccccc4C(F)(F)F)noc2C2CC2)C3)cn1. The molecule has 0 amide bonds. The van der Waals surface area contributed by atoms with Crippen molar-refractivity contribution < 1.29 is 32.3 Å². The molecule has 2 aromatic heterocycles. The topological polar surface area (TPSA) is 102 Å². The van der Waals surface area contributed by atoms with Gasteiger partial charge in [0, 0.05) is 29.1 Å². The summed E-state index contributed by atoms with van der Waals surface area (Å²) >= 11 is 0. The number of aromatic carboxylic acids is 1. The zero-order valence-corrected chi connectivity index (χ0v) is 19.8. The molecule has 0 spiro atoms. The fraction of sp³-hybridized carbons (Fsp3) is 0.462. The molecule has 2 bridgehead atoms. The van der Waals surface area contributed by atoms with E-state index in [1.54, 1.807) is 6.07 Å². The van der Waals surface area contributed by atoms with Gasteiger partial charge in [0.1, 0.15) is 17.3 Å². The first kappa shape index (κ1) is 23.9. The smallest absolute Gasteiger partial charge is 0.417 e. The van der Waals surface area contributed by atoms with Crippen molar-refractivity contribution in [2.75, 3.05) is 4.90 Å². The first-order valence-electron chi connectivity index (χ1n) is 12.4. The molecule has 0 radical (unpaired) electrons. The van der Waals surface area contributed by atoms with Gasteiger partial charge in [-0.15, -0.1) is 0 Å². The van der Waals surface area contributed by atoms with Gasteiger partial charge >= 0.3 is 12.1 Å². The van der Waals surface area contributed by atoms with Crippen molar-refractivity contribution in [3.63, 3.8) is 0 Å². The van der Waals surface area contributed by atoms with Gasteiger partial charge in [0.2, 0.25) is 0 Å². The van der Waals surface area contributed by atoms with Crippen LogP contribution in [0.25, 0.3) is 11.3 Å². The molecule has 6 rings (SSSR count). The van der Waals surface area contributed by atoms with Gasteiger partial charge in [-0.25, -0.2) is 14.8 Å². The zero-order chi connectivity index (χ0) is 25.7. The number of carboxylic acid groups (broad SMARTS) is 1. The summed E-state index contributed by atoms with van der Waals surface area (Å²) in [6, 6.07) is 5.77. The number of hydrogen-bond acceptors (Lipinski definition) is 7. The van der Waals surface area contributed by atoms with Crippen molar-refractivity contribution in [1.29, 1.82) is 0 Å². The van der Waals surface area contributed by atoms with E-state index in [1.807, 2.05) is 0 Å². The quantitative estimate of drug-likeness (QED) is 0.445. The zero-order valence-electron chi connectivity index (χ0n) is 19.8. The lowest BCUT2D eigenvalue weighted by atomic mass is 9.98. The second-order valence-electron chi connectivity index (χ2n) is 9.95. The number of piperidine rings is 1. The lowest BCUT2D eigenvalue weighted by Gasteiger charge is -2.39. The van der Waals surface area contributed by atoms with Gasteiger partial charge in [-0.3, -0.25) is 0 Å². The van der Waals surface area contributed by atoms with Crippen molar-refractivity contribution in [1.82, 2.24) is 15.1 Å². The number of hydrogen-bond donors (Lipinski definition) is 1. The predicted octanol–water partition coefficient (Wildman–Crippen LogP) is 5.44. The normalized spacial score (nSPS) is 23.4. The summed E-state index contributed by atoms with van der Waals surface area (Å²) in [4.78, 5) is 21.6. The average molecular weight is 515 g/mol. The Kier molecular flexibility index (Phi) is 5.89. The summed E-state index contributed by atoms with van der Waals surface area (Å²) in [5.74, 6) is 0.326. The molecule has 1 N–H and O–H groups in total. The van der Waals surface area contributed by atoms with E-state index < -0.39 is 17.7 Å².